The van der Waals surface area contributed by atoms with Crippen molar-refractivity contribution in [2.24, 2.45) is 0 Å². The molecule has 0 aliphatic rings. The molecule has 110 valence electrons. The van der Waals surface area contributed by atoms with Crippen molar-refractivity contribution in [3.63, 3.8) is 0 Å². The fraction of sp³-hybridized carbons (Fsp3) is 0.250. The Morgan fingerprint density at radius 1 is 1.45 bits per heavy atom. The van der Waals surface area contributed by atoms with Crippen LogP contribution in [0.25, 0.3) is 0 Å². The average Bonchev–Trinajstić information content (AvgIpc) is 2.81. The van der Waals surface area contributed by atoms with E-state index >= 15 is 0 Å². The Labute approximate surface area is 129 Å². The molecule has 2 rings (SSSR count). The smallest absolute Gasteiger partial charge is 0.270 e. The van der Waals surface area contributed by atoms with Crippen molar-refractivity contribution in [1.82, 2.24) is 19.9 Å². The zero-order valence-electron chi connectivity index (χ0n) is 10.9. The fourth-order valence-electron chi connectivity index (χ4n) is 1.63. The average molecular weight is 318 g/mol. The number of imidazole rings is 1. The molecule has 0 fully saturated rings. The van der Waals surface area contributed by atoms with Gasteiger partial charge in [-0.05, 0) is 19.1 Å². The van der Waals surface area contributed by atoms with Crippen molar-refractivity contribution in [3.05, 3.63) is 42.6 Å². The summed E-state index contributed by atoms with van der Waals surface area (Å²) in [6, 6.07) is 4.97. The SMILES string of the molecule is CC(Cn1ccnc1)NC(=O)c1cccc(N)n1.Cl.Cl. The van der Waals surface area contributed by atoms with Crippen LogP contribution in [0.5, 0.6) is 0 Å². The molecule has 0 saturated heterocycles. The van der Waals surface area contributed by atoms with E-state index in [0.29, 0.717) is 18.1 Å². The fourth-order valence-corrected chi connectivity index (χ4v) is 1.63. The van der Waals surface area contributed by atoms with Crippen LogP contribution < -0.4 is 11.1 Å². The van der Waals surface area contributed by atoms with E-state index in [1.165, 1.54) is 0 Å². The van der Waals surface area contributed by atoms with Crippen LogP contribution in [0.3, 0.4) is 0 Å². The molecule has 1 unspecified atom stereocenters. The Balaban J connectivity index is 0.00000180. The highest BCUT2D eigenvalue weighted by molar-refractivity contribution is 5.92. The summed E-state index contributed by atoms with van der Waals surface area (Å²) >= 11 is 0. The Morgan fingerprint density at radius 2 is 2.20 bits per heavy atom. The molecule has 3 N–H and O–H groups in total. The maximum Gasteiger partial charge on any atom is 0.270 e. The lowest BCUT2D eigenvalue weighted by Gasteiger charge is -2.14. The third-order valence-electron chi connectivity index (χ3n) is 2.42. The first-order chi connectivity index (χ1) is 8.65. The molecular weight excluding hydrogens is 301 g/mol. The topological polar surface area (TPSA) is 85.8 Å². The van der Waals surface area contributed by atoms with Crippen molar-refractivity contribution in [1.29, 1.82) is 0 Å². The lowest BCUT2D eigenvalue weighted by Crippen LogP contribution is -2.35. The van der Waals surface area contributed by atoms with E-state index in [1.807, 2.05) is 17.7 Å². The number of rotatable bonds is 4. The number of halogens is 2. The van der Waals surface area contributed by atoms with Gasteiger partial charge in [-0.1, -0.05) is 6.07 Å². The second-order valence-electron chi connectivity index (χ2n) is 4.08. The molecule has 1 amide bonds. The second-order valence-corrected chi connectivity index (χ2v) is 4.08. The van der Waals surface area contributed by atoms with Gasteiger partial charge in [0.1, 0.15) is 11.5 Å². The summed E-state index contributed by atoms with van der Waals surface area (Å²) in [7, 11) is 0. The first-order valence-electron chi connectivity index (χ1n) is 5.64. The van der Waals surface area contributed by atoms with Gasteiger partial charge in [0, 0.05) is 25.0 Å². The summed E-state index contributed by atoms with van der Waals surface area (Å²) in [6.07, 6.45) is 5.26. The van der Waals surface area contributed by atoms with E-state index < -0.39 is 0 Å². The van der Waals surface area contributed by atoms with E-state index in [4.69, 9.17) is 5.73 Å². The predicted octanol–water partition coefficient (Wildman–Crippen LogP) is 1.52. The van der Waals surface area contributed by atoms with Gasteiger partial charge < -0.3 is 15.6 Å². The summed E-state index contributed by atoms with van der Waals surface area (Å²) in [6.45, 7) is 2.58. The van der Waals surface area contributed by atoms with Crippen LogP contribution >= 0.6 is 24.8 Å². The highest BCUT2D eigenvalue weighted by Gasteiger charge is 2.11. The van der Waals surface area contributed by atoms with E-state index in [0.717, 1.165) is 0 Å². The molecule has 0 radical (unpaired) electrons. The number of aromatic nitrogens is 3. The maximum absolute atomic E-state index is 11.9. The van der Waals surface area contributed by atoms with E-state index in [9.17, 15) is 4.79 Å². The monoisotopic (exact) mass is 317 g/mol. The van der Waals surface area contributed by atoms with E-state index in [2.05, 4.69) is 15.3 Å². The van der Waals surface area contributed by atoms with E-state index in [-0.39, 0.29) is 36.8 Å². The second kappa shape index (κ2) is 8.39. The molecule has 1 atom stereocenters. The van der Waals surface area contributed by atoms with Gasteiger partial charge in [-0.15, -0.1) is 24.8 Å². The minimum absolute atomic E-state index is 0. The van der Waals surface area contributed by atoms with Crippen LogP contribution in [0.4, 0.5) is 5.82 Å². The third-order valence-corrected chi connectivity index (χ3v) is 2.42. The molecule has 20 heavy (non-hydrogen) atoms. The summed E-state index contributed by atoms with van der Waals surface area (Å²) in [5.41, 5.74) is 5.86. The summed E-state index contributed by atoms with van der Waals surface area (Å²) < 4.78 is 1.90. The molecule has 0 saturated carbocycles. The van der Waals surface area contributed by atoms with Gasteiger partial charge in [-0.3, -0.25) is 4.79 Å². The molecular formula is C12H17Cl2N5O. The Hall–Kier alpha value is -1.79. The lowest BCUT2D eigenvalue weighted by atomic mass is 10.3. The lowest BCUT2D eigenvalue weighted by molar-refractivity contribution is 0.0932. The molecule has 6 nitrogen and oxygen atoms in total. The van der Waals surface area contributed by atoms with Crippen molar-refractivity contribution in [3.8, 4) is 0 Å². The summed E-state index contributed by atoms with van der Waals surface area (Å²) in [4.78, 5) is 19.8. The number of anilines is 1. The van der Waals surface area contributed by atoms with Crippen molar-refractivity contribution in [2.75, 3.05) is 5.73 Å². The molecule has 0 aliphatic heterocycles. The zero-order chi connectivity index (χ0) is 13.0. The molecule has 2 heterocycles. The zero-order valence-corrected chi connectivity index (χ0v) is 12.5. The number of amides is 1. The first-order valence-corrected chi connectivity index (χ1v) is 5.64. The number of nitrogens with two attached hydrogens (primary N) is 1. The van der Waals surface area contributed by atoms with Crippen LogP contribution in [0, 0.1) is 0 Å². The Bertz CT molecular complexity index is 532. The quantitative estimate of drug-likeness (QED) is 0.895. The largest absolute Gasteiger partial charge is 0.384 e. The molecule has 2 aromatic rings. The predicted molar refractivity (Wildman–Crippen MR) is 82.3 cm³/mol. The van der Waals surface area contributed by atoms with Gasteiger partial charge in [0.05, 0.1) is 6.33 Å². The highest BCUT2D eigenvalue weighted by Crippen LogP contribution is 2.01. The van der Waals surface area contributed by atoms with Crippen molar-refractivity contribution in [2.45, 2.75) is 19.5 Å². The molecule has 0 aromatic carbocycles. The molecule has 0 bridgehead atoms. The van der Waals surface area contributed by atoms with Gasteiger partial charge in [0.2, 0.25) is 0 Å². The number of nitrogens with zero attached hydrogens (tertiary/aromatic N) is 3. The third kappa shape index (κ3) is 5.07. The number of hydrogen-bond donors (Lipinski definition) is 2. The van der Waals surface area contributed by atoms with Crippen LogP contribution in [-0.2, 0) is 6.54 Å². The molecule has 2 aromatic heterocycles. The number of carbonyl (C=O) groups excluding carboxylic acids is 1. The number of pyridine rings is 1. The van der Waals surface area contributed by atoms with E-state index in [1.54, 1.807) is 30.7 Å². The number of nitrogens with one attached hydrogen (secondary N) is 1. The van der Waals surface area contributed by atoms with Crippen LogP contribution in [0.1, 0.15) is 17.4 Å². The van der Waals surface area contributed by atoms with Crippen molar-refractivity contribution >= 4 is 36.5 Å². The van der Waals surface area contributed by atoms with Gasteiger partial charge in [-0.2, -0.15) is 0 Å². The first kappa shape index (κ1) is 18.2. The van der Waals surface area contributed by atoms with Gasteiger partial charge >= 0.3 is 0 Å². The number of hydrogen-bond acceptors (Lipinski definition) is 4. The molecule has 0 spiro atoms. The normalized spacial score (nSPS) is 10.8. The minimum Gasteiger partial charge on any atom is -0.384 e. The van der Waals surface area contributed by atoms with Crippen molar-refractivity contribution < 1.29 is 4.79 Å². The maximum atomic E-state index is 11.9. The highest BCUT2D eigenvalue weighted by atomic mass is 35.5. The van der Waals surface area contributed by atoms with Crippen LogP contribution in [-0.4, -0.2) is 26.5 Å². The Morgan fingerprint density at radius 3 is 2.80 bits per heavy atom. The minimum atomic E-state index is -0.227. The van der Waals surface area contributed by atoms with Gasteiger partial charge in [0.25, 0.3) is 5.91 Å². The standard InChI is InChI=1S/C12H15N5O.2ClH/c1-9(7-17-6-5-14-8-17)15-12(18)10-3-2-4-11(13)16-10;;/h2-6,8-9H,7H2,1H3,(H2,13,16)(H,15,18);2*1H. The van der Waals surface area contributed by atoms with Crippen LogP contribution in [0.2, 0.25) is 0 Å². The number of carbonyl (C=O) groups is 1. The summed E-state index contributed by atoms with van der Waals surface area (Å²) in [5.74, 6) is 0.111. The van der Waals surface area contributed by atoms with Gasteiger partial charge in [0.15, 0.2) is 0 Å². The van der Waals surface area contributed by atoms with Crippen LogP contribution in [0.15, 0.2) is 36.9 Å². The summed E-state index contributed by atoms with van der Waals surface area (Å²) in [5, 5.41) is 2.86. The number of nitrogen functional groups attached to an aromatic ring is 1. The van der Waals surface area contributed by atoms with Gasteiger partial charge in [-0.25, -0.2) is 9.97 Å². The molecule has 0 aliphatic carbocycles. The molecule has 8 heteroatoms. The Kier molecular flexibility index (Phi) is 7.64.